The molecule has 7 heteroatoms. The third kappa shape index (κ3) is 5.57. The molecule has 1 aromatic carbocycles. The van der Waals surface area contributed by atoms with Gasteiger partial charge < -0.3 is 15.4 Å². The predicted molar refractivity (Wildman–Crippen MR) is 107 cm³/mol. The van der Waals surface area contributed by atoms with E-state index in [1.807, 2.05) is 50.6 Å². The number of benzene rings is 1. The van der Waals surface area contributed by atoms with Gasteiger partial charge >= 0.3 is 5.97 Å². The van der Waals surface area contributed by atoms with Crippen LogP contribution in [0.15, 0.2) is 35.3 Å². The number of para-hydroxylation sites is 1. The van der Waals surface area contributed by atoms with Crippen LogP contribution in [0.2, 0.25) is 0 Å². The normalized spacial score (nSPS) is 12.6. The molecule has 27 heavy (non-hydrogen) atoms. The predicted octanol–water partition coefficient (Wildman–Crippen LogP) is 2.35. The van der Waals surface area contributed by atoms with Crippen molar-refractivity contribution in [3.63, 3.8) is 0 Å². The highest BCUT2D eigenvalue weighted by Crippen LogP contribution is 2.17. The Bertz CT molecular complexity index is 797. The van der Waals surface area contributed by atoms with E-state index in [1.165, 1.54) is 7.11 Å². The van der Waals surface area contributed by atoms with Crippen LogP contribution in [-0.4, -0.2) is 41.9 Å². The molecule has 2 aromatic rings. The van der Waals surface area contributed by atoms with Crippen molar-refractivity contribution >= 4 is 11.9 Å². The minimum absolute atomic E-state index is 0.242. The van der Waals surface area contributed by atoms with Crippen LogP contribution in [0.4, 0.5) is 0 Å². The number of aromatic nitrogens is 2. The monoisotopic (exact) mass is 371 g/mol. The van der Waals surface area contributed by atoms with Gasteiger partial charge in [0, 0.05) is 18.8 Å². The number of nitrogens with one attached hydrogen (secondary N) is 2. The molecule has 2 rings (SSSR count). The zero-order valence-corrected chi connectivity index (χ0v) is 16.7. The van der Waals surface area contributed by atoms with Crippen molar-refractivity contribution in [2.45, 2.75) is 34.2 Å². The zero-order valence-electron chi connectivity index (χ0n) is 16.7. The summed E-state index contributed by atoms with van der Waals surface area (Å²) in [6.45, 7) is 9.54. The lowest BCUT2D eigenvalue weighted by Crippen LogP contribution is -2.40. The van der Waals surface area contributed by atoms with Crippen molar-refractivity contribution in [3.8, 4) is 5.69 Å². The molecular weight excluding hydrogens is 342 g/mol. The molecule has 0 spiro atoms. The van der Waals surface area contributed by atoms with Gasteiger partial charge in [-0.1, -0.05) is 25.1 Å². The van der Waals surface area contributed by atoms with Gasteiger partial charge in [0.1, 0.15) is 0 Å². The van der Waals surface area contributed by atoms with Crippen molar-refractivity contribution in [2.75, 3.05) is 20.2 Å². The molecule has 0 amide bonds. The maximum Gasteiger partial charge on any atom is 0.310 e. The first kappa shape index (κ1) is 20.5. The van der Waals surface area contributed by atoms with Gasteiger partial charge in [-0.15, -0.1) is 0 Å². The van der Waals surface area contributed by atoms with E-state index < -0.39 is 0 Å². The number of methoxy groups -OCH3 is 1. The third-order valence-electron chi connectivity index (χ3n) is 4.16. The van der Waals surface area contributed by atoms with Crippen molar-refractivity contribution in [1.29, 1.82) is 0 Å². The second-order valence-electron chi connectivity index (χ2n) is 6.47. The van der Waals surface area contributed by atoms with Gasteiger partial charge in [0.2, 0.25) is 0 Å². The van der Waals surface area contributed by atoms with Crippen LogP contribution >= 0.6 is 0 Å². The van der Waals surface area contributed by atoms with Crippen LogP contribution in [-0.2, 0) is 16.1 Å². The number of hydrogen-bond donors (Lipinski definition) is 2. The molecule has 0 radical (unpaired) electrons. The van der Waals surface area contributed by atoms with E-state index in [1.54, 1.807) is 0 Å². The summed E-state index contributed by atoms with van der Waals surface area (Å²) in [6, 6.07) is 10.2. The number of nitrogens with zero attached hydrogens (tertiary/aromatic N) is 3. The van der Waals surface area contributed by atoms with E-state index in [0.717, 1.165) is 29.2 Å². The van der Waals surface area contributed by atoms with Gasteiger partial charge in [-0.3, -0.25) is 4.79 Å². The molecule has 7 nitrogen and oxygen atoms in total. The number of guanidine groups is 1. The number of aliphatic imine (C=N–C) groups is 1. The fraction of sp³-hybridized carbons (Fsp3) is 0.450. The van der Waals surface area contributed by atoms with Gasteiger partial charge in [-0.2, -0.15) is 5.10 Å². The second-order valence-corrected chi connectivity index (χ2v) is 6.47. The first-order valence-corrected chi connectivity index (χ1v) is 9.17. The third-order valence-corrected chi connectivity index (χ3v) is 4.16. The molecule has 1 atom stereocenters. The molecule has 2 N–H and O–H groups in total. The summed E-state index contributed by atoms with van der Waals surface area (Å²) < 4.78 is 6.71. The zero-order chi connectivity index (χ0) is 19.8. The van der Waals surface area contributed by atoms with Crippen LogP contribution in [0.5, 0.6) is 0 Å². The summed E-state index contributed by atoms with van der Waals surface area (Å²) >= 11 is 0. The molecule has 0 saturated carbocycles. The number of rotatable bonds is 7. The molecule has 1 unspecified atom stereocenters. The van der Waals surface area contributed by atoms with E-state index in [0.29, 0.717) is 19.0 Å². The van der Waals surface area contributed by atoms with Gasteiger partial charge in [-0.05, 0) is 38.5 Å². The Morgan fingerprint density at radius 1 is 1.30 bits per heavy atom. The van der Waals surface area contributed by atoms with E-state index in [-0.39, 0.29) is 11.9 Å². The molecule has 1 heterocycles. The molecule has 146 valence electrons. The fourth-order valence-corrected chi connectivity index (χ4v) is 2.76. The Morgan fingerprint density at radius 3 is 2.67 bits per heavy atom. The maximum absolute atomic E-state index is 11.6. The van der Waals surface area contributed by atoms with Gasteiger partial charge in [0.05, 0.1) is 31.0 Å². The summed E-state index contributed by atoms with van der Waals surface area (Å²) in [4.78, 5) is 16.2. The van der Waals surface area contributed by atoms with E-state index in [9.17, 15) is 4.79 Å². The first-order valence-electron chi connectivity index (χ1n) is 9.17. The number of esters is 1. The summed E-state index contributed by atoms with van der Waals surface area (Å²) in [7, 11) is 1.40. The maximum atomic E-state index is 11.6. The smallest absolute Gasteiger partial charge is 0.310 e. The van der Waals surface area contributed by atoms with E-state index >= 15 is 0 Å². The average Bonchev–Trinajstić information content (AvgIpc) is 3.01. The Morgan fingerprint density at radius 2 is 2.04 bits per heavy atom. The molecule has 0 aliphatic carbocycles. The number of aryl methyl sites for hydroxylation is 2. The van der Waals surface area contributed by atoms with Crippen LogP contribution in [0, 0.1) is 19.8 Å². The van der Waals surface area contributed by atoms with Crippen molar-refractivity contribution < 1.29 is 9.53 Å². The molecule has 0 aliphatic rings. The number of ether oxygens (including phenoxy) is 1. The van der Waals surface area contributed by atoms with E-state index in [2.05, 4.69) is 32.9 Å². The Hall–Kier alpha value is -2.83. The molecule has 0 bridgehead atoms. The second kappa shape index (κ2) is 9.75. The summed E-state index contributed by atoms with van der Waals surface area (Å²) in [6.07, 6.45) is 0. The van der Waals surface area contributed by atoms with E-state index in [4.69, 9.17) is 4.74 Å². The lowest BCUT2D eigenvalue weighted by molar-refractivity contribution is -0.144. The molecule has 0 fully saturated rings. The van der Waals surface area contributed by atoms with Crippen molar-refractivity contribution in [2.24, 2.45) is 10.9 Å². The molecule has 0 saturated heterocycles. The average molecular weight is 371 g/mol. The Balaban J connectivity index is 2.16. The number of hydrogen-bond acceptors (Lipinski definition) is 4. The van der Waals surface area contributed by atoms with Crippen LogP contribution in [0.1, 0.15) is 30.8 Å². The highest BCUT2D eigenvalue weighted by molar-refractivity contribution is 5.80. The standard InChI is InChI=1S/C20H29N5O2/c1-6-21-20(22-12-14(2)19(26)27-5)23-13-17-9-7-8-10-18(17)25-16(4)11-15(3)24-25/h7-11,14H,6,12-13H2,1-5H3,(H2,21,22,23). The SMILES string of the molecule is CCNC(=NCc1ccccc1-n1nc(C)cc1C)NCC(C)C(=O)OC. The number of carbonyl (C=O) groups is 1. The van der Waals surface area contributed by atoms with Crippen LogP contribution < -0.4 is 10.6 Å². The molecule has 0 aliphatic heterocycles. The largest absolute Gasteiger partial charge is 0.469 e. The lowest BCUT2D eigenvalue weighted by Gasteiger charge is -2.15. The molecular formula is C20H29N5O2. The minimum atomic E-state index is -0.249. The minimum Gasteiger partial charge on any atom is -0.469 e. The topological polar surface area (TPSA) is 80.5 Å². The lowest BCUT2D eigenvalue weighted by atomic mass is 10.1. The Kier molecular flexibility index (Phi) is 7.40. The first-order chi connectivity index (χ1) is 13.0. The fourth-order valence-electron chi connectivity index (χ4n) is 2.76. The summed E-state index contributed by atoms with van der Waals surface area (Å²) in [5, 5.41) is 11.0. The number of carbonyl (C=O) groups excluding carboxylic acids is 1. The Labute approximate surface area is 160 Å². The van der Waals surface area contributed by atoms with Crippen molar-refractivity contribution in [1.82, 2.24) is 20.4 Å². The van der Waals surface area contributed by atoms with Gasteiger partial charge in [0.15, 0.2) is 5.96 Å². The van der Waals surface area contributed by atoms with Crippen LogP contribution in [0.3, 0.4) is 0 Å². The van der Waals surface area contributed by atoms with Crippen molar-refractivity contribution in [3.05, 3.63) is 47.3 Å². The molecule has 1 aromatic heterocycles. The summed E-state index contributed by atoms with van der Waals surface area (Å²) in [5.74, 6) is 0.172. The highest BCUT2D eigenvalue weighted by atomic mass is 16.5. The van der Waals surface area contributed by atoms with Crippen LogP contribution in [0.25, 0.3) is 5.69 Å². The van der Waals surface area contributed by atoms with Gasteiger partial charge in [0.25, 0.3) is 0 Å². The van der Waals surface area contributed by atoms with Gasteiger partial charge in [-0.25, -0.2) is 9.67 Å². The quantitative estimate of drug-likeness (QED) is 0.444. The summed E-state index contributed by atoms with van der Waals surface area (Å²) in [5.41, 5.74) is 4.16. The highest BCUT2D eigenvalue weighted by Gasteiger charge is 2.13.